The molecule has 13 heavy (non-hydrogen) atoms. The molecule has 1 aliphatic carbocycles. The number of hydrogen-bond acceptors (Lipinski definition) is 4. The lowest BCUT2D eigenvalue weighted by molar-refractivity contribution is -0.143. The third-order valence-corrected chi connectivity index (χ3v) is 2.69. The Morgan fingerprint density at radius 2 is 2.08 bits per heavy atom. The van der Waals surface area contributed by atoms with E-state index >= 15 is 0 Å². The summed E-state index contributed by atoms with van der Waals surface area (Å²) in [5.74, 6) is -0.103. The molecule has 0 aliphatic heterocycles. The maximum Gasteiger partial charge on any atom is 0.309 e. The molecular formula is C9H15NO3. The summed E-state index contributed by atoms with van der Waals surface area (Å²) in [6.45, 7) is 4.03. The van der Waals surface area contributed by atoms with Gasteiger partial charge < -0.3 is 9.57 Å². The average Bonchev–Trinajstić information content (AvgIpc) is 2.63. The number of carbonyl (C=O) groups is 1. The van der Waals surface area contributed by atoms with Crippen molar-refractivity contribution in [2.24, 2.45) is 22.4 Å². The van der Waals surface area contributed by atoms with Crippen molar-refractivity contribution in [3.05, 3.63) is 0 Å². The fourth-order valence-electron chi connectivity index (χ4n) is 1.66. The summed E-state index contributed by atoms with van der Waals surface area (Å²) in [5, 5.41) is 3.66. The van der Waals surface area contributed by atoms with Gasteiger partial charge in [-0.2, -0.15) is 0 Å². The minimum Gasteiger partial charge on any atom is -0.469 e. The molecule has 0 radical (unpaired) electrons. The van der Waals surface area contributed by atoms with Crippen LogP contribution in [0.5, 0.6) is 0 Å². The predicted molar refractivity (Wildman–Crippen MR) is 48.3 cm³/mol. The average molecular weight is 185 g/mol. The molecule has 0 aromatic rings. The molecule has 0 heterocycles. The van der Waals surface area contributed by atoms with E-state index in [-0.39, 0.29) is 23.2 Å². The largest absolute Gasteiger partial charge is 0.469 e. The number of esters is 1. The Kier molecular flexibility index (Phi) is 2.59. The number of hydrogen-bond donors (Lipinski definition) is 0. The highest BCUT2D eigenvalue weighted by Crippen LogP contribution is 2.57. The van der Waals surface area contributed by atoms with Crippen molar-refractivity contribution in [2.45, 2.75) is 13.8 Å². The molecule has 1 aliphatic rings. The van der Waals surface area contributed by atoms with E-state index in [0.717, 1.165) is 0 Å². The van der Waals surface area contributed by atoms with E-state index in [1.165, 1.54) is 14.2 Å². The van der Waals surface area contributed by atoms with E-state index in [1.54, 1.807) is 6.21 Å². The molecule has 4 heteroatoms. The van der Waals surface area contributed by atoms with Crippen molar-refractivity contribution in [1.29, 1.82) is 0 Å². The van der Waals surface area contributed by atoms with Crippen molar-refractivity contribution >= 4 is 12.2 Å². The van der Waals surface area contributed by atoms with Crippen LogP contribution < -0.4 is 0 Å². The topological polar surface area (TPSA) is 47.9 Å². The summed E-state index contributed by atoms with van der Waals surface area (Å²) in [7, 11) is 2.89. The van der Waals surface area contributed by atoms with Gasteiger partial charge in [-0.1, -0.05) is 19.0 Å². The molecule has 1 saturated carbocycles. The molecule has 0 amide bonds. The second-order valence-corrected chi connectivity index (χ2v) is 3.79. The van der Waals surface area contributed by atoms with Crippen molar-refractivity contribution in [2.75, 3.05) is 14.2 Å². The highest BCUT2D eigenvalue weighted by atomic mass is 16.6. The fourth-order valence-corrected chi connectivity index (χ4v) is 1.66. The van der Waals surface area contributed by atoms with E-state index in [4.69, 9.17) is 0 Å². The Morgan fingerprint density at radius 3 is 2.54 bits per heavy atom. The van der Waals surface area contributed by atoms with Gasteiger partial charge in [0.25, 0.3) is 0 Å². The monoisotopic (exact) mass is 185 g/mol. The second-order valence-electron chi connectivity index (χ2n) is 3.79. The molecule has 2 unspecified atom stereocenters. The smallest absolute Gasteiger partial charge is 0.309 e. The lowest BCUT2D eigenvalue weighted by Crippen LogP contribution is -2.07. The highest BCUT2D eigenvalue weighted by molar-refractivity contribution is 5.85. The van der Waals surface area contributed by atoms with Gasteiger partial charge in [0, 0.05) is 12.1 Å². The molecule has 1 rings (SSSR count). The van der Waals surface area contributed by atoms with Crippen molar-refractivity contribution < 1.29 is 14.4 Å². The summed E-state index contributed by atoms with van der Waals surface area (Å²) in [5.41, 5.74) is -0.0465. The fraction of sp³-hybridized carbons (Fsp3) is 0.778. The van der Waals surface area contributed by atoms with E-state index in [0.29, 0.717) is 0 Å². The lowest BCUT2D eigenvalue weighted by Gasteiger charge is -1.98. The van der Waals surface area contributed by atoms with Gasteiger partial charge in [0.15, 0.2) is 0 Å². The molecule has 2 atom stereocenters. The van der Waals surface area contributed by atoms with Crippen molar-refractivity contribution in [3.8, 4) is 0 Å². The number of nitrogens with zero attached hydrogens (tertiary/aromatic N) is 1. The maximum absolute atomic E-state index is 11.2. The van der Waals surface area contributed by atoms with Gasteiger partial charge in [-0.3, -0.25) is 4.79 Å². The van der Waals surface area contributed by atoms with E-state index in [2.05, 4.69) is 14.7 Å². The van der Waals surface area contributed by atoms with Crippen LogP contribution in [0.2, 0.25) is 0 Å². The standard InChI is InChI=1S/C9H15NO3/c1-9(2)6(5-10-13-4)7(9)8(11)12-3/h5-7H,1-4H3. The van der Waals surface area contributed by atoms with Gasteiger partial charge in [-0.05, 0) is 5.41 Å². The van der Waals surface area contributed by atoms with Crippen molar-refractivity contribution in [1.82, 2.24) is 0 Å². The normalized spacial score (nSPS) is 30.2. The lowest BCUT2D eigenvalue weighted by atomic mass is 10.1. The van der Waals surface area contributed by atoms with Gasteiger partial charge >= 0.3 is 5.97 Å². The number of methoxy groups -OCH3 is 1. The van der Waals surface area contributed by atoms with E-state index in [9.17, 15) is 4.79 Å². The summed E-state index contributed by atoms with van der Waals surface area (Å²) < 4.78 is 4.68. The Bertz CT molecular complexity index is 235. The van der Waals surface area contributed by atoms with Gasteiger partial charge in [-0.15, -0.1) is 0 Å². The molecule has 0 bridgehead atoms. The Labute approximate surface area is 77.9 Å². The summed E-state index contributed by atoms with van der Waals surface area (Å²) in [6.07, 6.45) is 1.67. The van der Waals surface area contributed by atoms with Crippen LogP contribution >= 0.6 is 0 Å². The number of carbonyl (C=O) groups excluding carboxylic acids is 1. The first-order chi connectivity index (χ1) is 6.05. The Hall–Kier alpha value is -1.06. The summed E-state index contributed by atoms with van der Waals surface area (Å²) in [4.78, 5) is 15.8. The second kappa shape index (κ2) is 3.36. The van der Waals surface area contributed by atoms with Crippen LogP contribution in [0.15, 0.2) is 5.16 Å². The van der Waals surface area contributed by atoms with Gasteiger partial charge in [-0.25, -0.2) is 0 Å². The van der Waals surface area contributed by atoms with Crippen LogP contribution in [0, 0.1) is 17.3 Å². The SMILES string of the molecule is CON=CC1C(C(=O)OC)C1(C)C. The molecule has 74 valence electrons. The maximum atomic E-state index is 11.2. The van der Waals surface area contributed by atoms with Crippen LogP contribution in [0.4, 0.5) is 0 Å². The zero-order chi connectivity index (χ0) is 10.1. The van der Waals surface area contributed by atoms with Crippen LogP contribution in [0.3, 0.4) is 0 Å². The molecule has 0 spiro atoms. The number of ether oxygens (including phenoxy) is 1. The van der Waals surface area contributed by atoms with E-state index in [1.807, 2.05) is 13.8 Å². The third kappa shape index (κ3) is 1.66. The summed E-state index contributed by atoms with van der Waals surface area (Å²) >= 11 is 0. The van der Waals surface area contributed by atoms with Gasteiger partial charge in [0.05, 0.1) is 13.0 Å². The predicted octanol–water partition coefficient (Wildman–Crippen LogP) is 1.06. The minimum atomic E-state index is -0.169. The van der Waals surface area contributed by atoms with Gasteiger partial charge in [0.2, 0.25) is 0 Å². The first-order valence-electron chi connectivity index (χ1n) is 4.20. The van der Waals surface area contributed by atoms with Crippen LogP contribution in [0.1, 0.15) is 13.8 Å². The van der Waals surface area contributed by atoms with Crippen LogP contribution in [0.25, 0.3) is 0 Å². The molecule has 4 nitrogen and oxygen atoms in total. The molecular weight excluding hydrogens is 170 g/mol. The third-order valence-electron chi connectivity index (χ3n) is 2.69. The zero-order valence-electron chi connectivity index (χ0n) is 8.40. The first kappa shape index (κ1) is 10.0. The number of rotatable bonds is 3. The van der Waals surface area contributed by atoms with E-state index < -0.39 is 0 Å². The van der Waals surface area contributed by atoms with Crippen molar-refractivity contribution in [3.63, 3.8) is 0 Å². The van der Waals surface area contributed by atoms with Gasteiger partial charge in [0.1, 0.15) is 7.11 Å². The van der Waals surface area contributed by atoms with Crippen LogP contribution in [-0.4, -0.2) is 26.4 Å². The molecule has 0 aromatic carbocycles. The molecule has 1 fully saturated rings. The van der Waals surface area contributed by atoms with Crippen LogP contribution in [-0.2, 0) is 14.4 Å². The minimum absolute atomic E-state index is 0.0465. The Morgan fingerprint density at radius 1 is 1.46 bits per heavy atom. The Balaban J connectivity index is 2.60. The summed E-state index contributed by atoms with van der Waals surface area (Å²) in [6, 6.07) is 0. The number of oxime groups is 1. The molecule has 0 saturated heterocycles. The zero-order valence-corrected chi connectivity index (χ0v) is 8.40. The quantitative estimate of drug-likeness (QED) is 0.375. The molecule has 0 N–H and O–H groups in total. The highest BCUT2D eigenvalue weighted by Gasteiger charge is 2.62. The first-order valence-corrected chi connectivity index (χ1v) is 4.20. The molecule has 0 aromatic heterocycles.